The number of aromatic nitrogens is 6. The Balaban J connectivity index is 0.000000230. The van der Waals surface area contributed by atoms with E-state index >= 15 is 0 Å². The maximum absolute atomic E-state index is 12.9. The fraction of sp³-hybridized carbons (Fsp3) is 0.0606. The van der Waals surface area contributed by atoms with Gasteiger partial charge in [-0.2, -0.15) is 23.5 Å². The molecule has 0 aliphatic carbocycles. The molecule has 0 saturated carbocycles. The van der Waals surface area contributed by atoms with Gasteiger partial charge in [-0.25, -0.2) is 19.4 Å². The molecule has 0 unspecified atom stereocenters. The Labute approximate surface area is 312 Å². The number of nitriles is 1. The first-order chi connectivity index (χ1) is 24.3. The standard InChI is InChI=1S/C18H11N3O6.C15H9F3N4S2.Ru/c22-16(23)9-1-3-19-12(5-9)14-7-11(18(26)27)8-15(21-14)13-6-10(17(24)25)2-4-20-13;16-15(17,18)14-6-12(22(21-14)9-23-8-19)11-4-3-10(7-20-11)13-2-1-5-24-13;/h1-8H,(H,22,23)(H,24,25)(H,26,27);1-7H,9H2;. The first-order valence-corrected chi connectivity index (χ1v) is 16.0. The van der Waals surface area contributed by atoms with Crippen molar-refractivity contribution < 1.29 is 62.4 Å². The Hall–Kier alpha value is -5.83. The van der Waals surface area contributed by atoms with Crippen LogP contribution < -0.4 is 0 Å². The Kier molecular flexibility index (Phi) is 12.7. The normalized spacial score (nSPS) is 10.7. The van der Waals surface area contributed by atoms with E-state index in [0.29, 0.717) is 5.69 Å². The quantitative estimate of drug-likeness (QED) is 0.0978. The smallest absolute Gasteiger partial charge is 0.435 e. The van der Waals surface area contributed by atoms with Crippen molar-refractivity contribution in [3.05, 3.63) is 113 Å². The third-order valence-corrected chi connectivity index (χ3v) is 8.19. The largest absolute Gasteiger partial charge is 0.478 e. The number of rotatable bonds is 9. The van der Waals surface area contributed by atoms with Crippen molar-refractivity contribution in [1.29, 1.82) is 5.26 Å². The van der Waals surface area contributed by atoms with Crippen LogP contribution >= 0.6 is 23.1 Å². The fourth-order valence-electron chi connectivity index (χ4n) is 4.41. The zero-order chi connectivity index (χ0) is 36.7. The summed E-state index contributed by atoms with van der Waals surface area (Å²) < 4.78 is 39.8. The Morgan fingerprint density at radius 1 is 0.788 bits per heavy atom. The molecule has 6 heterocycles. The molecule has 0 atom stereocenters. The van der Waals surface area contributed by atoms with Crippen LogP contribution in [-0.4, -0.2) is 62.9 Å². The molecule has 264 valence electrons. The summed E-state index contributed by atoms with van der Waals surface area (Å²) in [6.07, 6.45) is -0.384. The summed E-state index contributed by atoms with van der Waals surface area (Å²) in [4.78, 5) is 51.4. The number of carboxylic acids is 3. The van der Waals surface area contributed by atoms with Crippen molar-refractivity contribution in [2.45, 2.75) is 12.1 Å². The summed E-state index contributed by atoms with van der Waals surface area (Å²) in [7, 11) is 0. The first-order valence-electron chi connectivity index (χ1n) is 14.1. The SMILES string of the molecule is N#CSCn1nc(C(F)(F)F)cc1-c1ccc(-c2cccs2)cn1.O=C(O)c1ccnc(-c2cc(C(=O)O)cc(-c3cc(C(=O)O)ccn3)n2)c1.[Ru]. The van der Waals surface area contributed by atoms with Crippen LogP contribution in [0.15, 0.2) is 90.7 Å². The van der Waals surface area contributed by atoms with E-state index in [-0.39, 0.29) is 70.5 Å². The van der Waals surface area contributed by atoms with Gasteiger partial charge in [0.05, 0.1) is 50.9 Å². The van der Waals surface area contributed by atoms with E-state index in [4.69, 9.17) is 15.5 Å². The average Bonchev–Trinajstić information content (AvgIpc) is 3.82. The number of thiophene rings is 1. The van der Waals surface area contributed by atoms with Gasteiger partial charge in [-0.15, -0.1) is 11.3 Å². The van der Waals surface area contributed by atoms with E-state index in [0.717, 1.165) is 33.0 Å². The second-order valence-corrected chi connectivity index (χ2v) is 11.8. The Morgan fingerprint density at radius 3 is 1.83 bits per heavy atom. The number of thiocyanates is 1. The van der Waals surface area contributed by atoms with Gasteiger partial charge in [0.25, 0.3) is 0 Å². The van der Waals surface area contributed by atoms with Gasteiger partial charge in [0, 0.05) is 48.5 Å². The number of alkyl halides is 3. The molecule has 0 radical (unpaired) electrons. The number of carboxylic acid groups (broad SMARTS) is 3. The van der Waals surface area contributed by atoms with Crippen molar-refractivity contribution in [3.63, 3.8) is 0 Å². The summed E-state index contributed by atoms with van der Waals surface area (Å²) in [6, 6.07) is 15.9. The molecule has 6 rings (SSSR count). The fourth-order valence-corrected chi connectivity index (χ4v) is 5.50. The molecule has 6 aromatic rings. The van der Waals surface area contributed by atoms with Gasteiger partial charge in [0.15, 0.2) is 5.69 Å². The van der Waals surface area contributed by atoms with Gasteiger partial charge in [0.1, 0.15) is 11.3 Å². The third-order valence-electron chi connectivity index (χ3n) is 6.76. The van der Waals surface area contributed by atoms with Gasteiger partial charge in [-0.3, -0.25) is 19.6 Å². The second kappa shape index (κ2) is 16.9. The van der Waals surface area contributed by atoms with E-state index < -0.39 is 29.8 Å². The third kappa shape index (κ3) is 9.48. The number of thioether (sulfide) groups is 1. The molecular formula is C33H20F3N7O6RuS2. The number of hydrogen-bond donors (Lipinski definition) is 3. The Morgan fingerprint density at radius 2 is 1.37 bits per heavy atom. The zero-order valence-corrected chi connectivity index (χ0v) is 29.2. The van der Waals surface area contributed by atoms with E-state index in [1.165, 1.54) is 48.8 Å². The van der Waals surface area contributed by atoms with Crippen molar-refractivity contribution >= 4 is 41.0 Å². The van der Waals surface area contributed by atoms with Crippen LogP contribution in [0.2, 0.25) is 0 Å². The van der Waals surface area contributed by atoms with Crippen LogP contribution in [-0.2, 0) is 31.5 Å². The van der Waals surface area contributed by atoms with Crippen molar-refractivity contribution in [1.82, 2.24) is 29.7 Å². The number of carbonyl (C=O) groups is 3. The van der Waals surface area contributed by atoms with Gasteiger partial charge in [0.2, 0.25) is 0 Å². The molecule has 52 heavy (non-hydrogen) atoms. The summed E-state index contributed by atoms with van der Waals surface area (Å²) in [6.45, 7) is 0. The van der Waals surface area contributed by atoms with Crippen LogP contribution in [0.4, 0.5) is 13.2 Å². The first kappa shape index (κ1) is 39.0. The Bertz CT molecular complexity index is 2200. The van der Waals surface area contributed by atoms with Crippen LogP contribution in [0.3, 0.4) is 0 Å². The molecule has 3 N–H and O–H groups in total. The monoisotopic (exact) mass is 833 g/mol. The van der Waals surface area contributed by atoms with Crippen LogP contribution in [0.25, 0.3) is 44.6 Å². The van der Waals surface area contributed by atoms with E-state index in [1.807, 2.05) is 22.9 Å². The molecule has 0 aliphatic heterocycles. The molecule has 0 bridgehead atoms. The van der Waals surface area contributed by atoms with Gasteiger partial charge in [-0.05, 0) is 77.8 Å². The van der Waals surface area contributed by atoms with Crippen molar-refractivity contribution in [2.24, 2.45) is 0 Å². The number of pyridine rings is 4. The minimum atomic E-state index is -4.55. The molecule has 13 nitrogen and oxygen atoms in total. The number of aromatic carboxylic acids is 3. The number of hydrogen-bond acceptors (Lipinski definition) is 11. The molecule has 6 aromatic heterocycles. The molecular weight excluding hydrogens is 813 g/mol. The van der Waals surface area contributed by atoms with E-state index in [9.17, 15) is 32.7 Å². The van der Waals surface area contributed by atoms with Crippen LogP contribution in [0.1, 0.15) is 36.8 Å². The summed E-state index contributed by atoms with van der Waals surface area (Å²) in [5, 5.41) is 43.5. The summed E-state index contributed by atoms with van der Waals surface area (Å²) in [5.41, 5.74) is 0.862. The number of nitrogens with zero attached hydrogens (tertiary/aromatic N) is 7. The van der Waals surface area contributed by atoms with Crippen molar-refractivity contribution in [3.8, 4) is 50.0 Å². The van der Waals surface area contributed by atoms with Crippen LogP contribution in [0, 0.1) is 10.7 Å². The second-order valence-electron chi connectivity index (χ2n) is 10.1. The summed E-state index contributed by atoms with van der Waals surface area (Å²) >= 11 is 2.36. The maximum Gasteiger partial charge on any atom is 0.435 e. The van der Waals surface area contributed by atoms with E-state index in [1.54, 1.807) is 29.7 Å². The molecule has 0 aromatic carbocycles. The van der Waals surface area contributed by atoms with Gasteiger partial charge in [-0.1, -0.05) is 6.07 Å². The van der Waals surface area contributed by atoms with Gasteiger partial charge >= 0.3 is 24.1 Å². The summed E-state index contributed by atoms with van der Waals surface area (Å²) in [5.74, 6) is -3.56. The topological polar surface area (TPSA) is 205 Å². The van der Waals surface area contributed by atoms with Crippen LogP contribution in [0.5, 0.6) is 0 Å². The minimum absolute atomic E-state index is 0. The predicted octanol–water partition coefficient (Wildman–Crippen LogP) is 7.16. The van der Waals surface area contributed by atoms with Gasteiger partial charge < -0.3 is 15.3 Å². The zero-order valence-electron chi connectivity index (χ0n) is 25.9. The molecule has 19 heteroatoms. The molecule has 0 aliphatic rings. The molecule has 0 saturated heterocycles. The molecule has 0 fully saturated rings. The van der Waals surface area contributed by atoms with E-state index in [2.05, 4.69) is 25.0 Å². The minimum Gasteiger partial charge on any atom is -0.478 e. The molecule has 0 amide bonds. The maximum atomic E-state index is 12.9. The van der Waals surface area contributed by atoms with Crippen molar-refractivity contribution in [2.75, 3.05) is 0 Å². The molecule has 0 spiro atoms. The average molecular weight is 833 g/mol. The predicted molar refractivity (Wildman–Crippen MR) is 179 cm³/mol. The number of halogens is 3.